The van der Waals surface area contributed by atoms with Crippen LogP contribution in [0.15, 0.2) is 34.3 Å². The Balaban J connectivity index is 1.94. The SMILES string of the molecule is Cc1nc(N2CCC(C)(C)CC2)cnc1S(=O)(=O)c1cccc(Cl)c1Cl. The van der Waals surface area contributed by atoms with Crippen molar-refractivity contribution >= 4 is 38.9 Å². The zero-order chi connectivity index (χ0) is 19.1. The van der Waals surface area contributed by atoms with E-state index in [4.69, 9.17) is 23.2 Å². The van der Waals surface area contributed by atoms with Crippen LogP contribution in [0.5, 0.6) is 0 Å². The minimum atomic E-state index is -3.90. The second-order valence-corrected chi connectivity index (χ2v) is 9.94. The number of anilines is 1. The van der Waals surface area contributed by atoms with Crippen LogP contribution in [0.2, 0.25) is 10.0 Å². The van der Waals surface area contributed by atoms with Gasteiger partial charge in [0.05, 0.1) is 26.8 Å². The molecule has 0 radical (unpaired) electrons. The van der Waals surface area contributed by atoms with Gasteiger partial charge >= 0.3 is 0 Å². The molecule has 1 aliphatic heterocycles. The van der Waals surface area contributed by atoms with Crippen LogP contribution >= 0.6 is 23.2 Å². The quantitative estimate of drug-likeness (QED) is 0.737. The maximum absolute atomic E-state index is 12.9. The van der Waals surface area contributed by atoms with Gasteiger partial charge in [-0.2, -0.15) is 0 Å². The molecule has 0 bridgehead atoms. The first-order chi connectivity index (χ1) is 12.1. The van der Waals surface area contributed by atoms with Crippen molar-refractivity contribution in [2.45, 2.75) is 43.5 Å². The highest BCUT2D eigenvalue weighted by Crippen LogP contribution is 2.34. The molecule has 0 atom stereocenters. The smallest absolute Gasteiger partial charge is 0.227 e. The van der Waals surface area contributed by atoms with Crippen LogP contribution in [-0.2, 0) is 9.84 Å². The molecular formula is C18H21Cl2N3O2S. The summed E-state index contributed by atoms with van der Waals surface area (Å²) >= 11 is 12.1. The first-order valence-electron chi connectivity index (χ1n) is 8.39. The van der Waals surface area contributed by atoms with Gasteiger partial charge in [-0.3, -0.25) is 0 Å². The van der Waals surface area contributed by atoms with Crippen LogP contribution in [0.25, 0.3) is 0 Å². The molecule has 3 rings (SSSR count). The van der Waals surface area contributed by atoms with Gasteiger partial charge in [-0.05, 0) is 37.3 Å². The zero-order valence-corrected chi connectivity index (χ0v) is 17.3. The molecular weight excluding hydrogens is 393 g/mol. The number of aryl methyl sites for hydroxylation is 1. The maximum Gasteiger partial charge on any atom is 0.227 e. The predicted octanol–water partition coefficient (Wildman–Crippen LogP) is 4.55. The molecule has 1 aromatic heterocycles. The number of nitrogens with zero attached hydrogens (tertiary/aromatic N) is 3. The molecule has 0 amide bonds. The van der Waals surface area contributed by atoms with Crippen molar-refractivity contribution in [2.24, 2.45) is 5.41 Å². The summed E-state index contributed by atoms with van der Waals surface area (Å²) < 4.78 is 25.9. The number of aromatic nitrogens is 2. The molecule has 8 heteroatoms. The Hall–Kier alpha value is -1.37. The third kappa shape index (κ3) is 3.68. The number of piperidine rings is 1. The van der Waals surface area contributed by atoms with E-state index < -0.39 is 9.84 Å². The molecule has 2 aromatic rings. The van der Waals surface area contributed by atoms with E-state index in [2.05, 4.69) is 28.7 Å². The van der Waals surface area contributed by atoms with Gasteiger partial charge in [0.15, 0.2) is 5.03 Å². The van der Waals surface area contributed by atoms with Gasteiger partial charge in [-0.1, -0.05) is 43.1 Å². The number of halogens is 2. The molecule has 1 aromatic carbocycles. The van der Waals surface area contributed by atoms with Gasteiger partial charge in [-0.25, -0.2) is 18.4 Å². The molecule has 0 N–H and O–H groups in total. The Morgan fingerprint density at radius 2 is 1.81 bits per heavy atom. The summed E-state index contributed by atoms with van der Waals surface area (Å²) in [6.45, 7) is 7.92. The van der Waals surface area contributed by atoms with Crippen molar-refractivity contribution in [3.05, 3.63) is 40.1 Å². The molecule has 1 aliphatic rings. The van der Waals surface area contributed by atoms with Crippen LogP contribution < -0.4 is 4.90 Å². The lowest BCUT2D eigenvalue weighted by Gasteiger charge is -2.37. The van der Waals surface area contributed by atoms with E-state index >= 15 is 0 Å². The van der Waals surface area contributed by atoms with Crippen molar-refractivity contribution in [1.82, 2.24) is 9.97 Å². The van der Waals surface area contributed by atoms with E-state index in [1.165, 1.54) is 12.3 Å². The molecule has 0 unspecified atom stereocenters. The third-order valence-electron chi connectivity index (χ3n) is 4.79. The Kier molecular flexibility index (Phi) is 5.21. The van der Waals surface area contributed by atoms with Gasteiger partial charge in [0, 0.05) is 13.1 Å². The number of hydrogen-bond donors (Lipinski definition) is 0. The normalized spacial score (nSPS) is 17.3. The summed E-state index contributed by atoms with van der Waals surface area (Å²) in [5.41, 5.74) is 0.675. The highest BCUT2D eigenvalue weighted by Gasteiger charge is 2.29. The Morgan fingerprint density at radius 1 is 1.15 bits per heavy atom. The minimum absolute atomic E-state index is 0.00212. The monoisotopic (exact) mass is 413 g/mol. The average molecular weight is 414 g/mol. The first-order valence-corrected chi connectivity index (χ1v) is 10.6. The Bertz CT molecular complexity index is 935. The second kappa shape index (κ2) is 6.98. The summed E-state index contributed by atoms with van der Waals surface area (Å²) in [7, 11) is -3.90. The average Bonchev–Trinajstić information content (AvgIpc) is 2.56. The van der Waals surface area contributed by atoms with Crippen molar-refractivity contribution < 1.29 is 8.42 Å². The van der Waals surface area contributed by atoms with Crippen molar-refractivity contribution in [3.63, 3.8) is 0 Å². The van der Waals surface area contributed by atoms with Crippen molar-refractivity contribution in [3.8, 4) is 0 Å². The van der Waals surface area contributed by atoms with Crippen LogP contribution in [0.1, 0.15) is 32.4 Å². The van der Waals surface area contributed by atoms with Gasteiger partial charge < -0.3 is 4.90 Å². The van der Waals surface area contributed by atoms with Crippen molar-refractivity contribution in [1.29, 1.82) is 0 Å². The van der Waals surface area contributed by atoms with E-state index in [-0.39, 0.29) is 20.0 Å². The van der Waals surface area contributed by atoms with Crippen LogP contribution in [0, 0.1) is 12.3 Å². The minimum Gasteiger partial charge on any atom is -0.355 e. The fraction of sp³-hybridized carbons (Fsp3) is 0.444. The van der Waals surface area contributed by atoms with E-state index in [9.17, 15) is 8.42 Å². The number of hydrogen-bond acceptors (Lipinski definition) is 5. The largest absolute Gasteiger partial charge is 0.355 e. The summed E-state index contributed by atoms with van der Waals surface area (Å²) in [5, 5.41) is 0.0892. The molecule has 2 heterocycles. The topological polar surface area (TPSA) is 63.2 Å². The van der Waals surface area contributed by atoms with E-state index in [0.717, 1.165) is 25.9 Å². The van der Waals surface area contributed by atoms with Gasteiger partial charge in [0.2, 0.25) is 9.84 Å². The summed E-state index contributed by atoms with van der Waals surface area (Å²) in [4.78, 5) is 10.8. The van der Waals surface area contributed by atoms with Crippen molar-refractivity contribution in [2.75, 3.05) is 18.0 Å². The lowest BCUT2D eigenvalue weighted by molar-refractivity contribution is 0.279. The maximum atomic E-state index is 12.9. The molecule has 26 heavy (non-hydrogen) atoms. The van der Waals surface area contributed by atoms with E-state index in [1.807, 2.05) is 0 Å². The van der Waals surface area contributed by atoms with Crippen LogP contribution in [0.3, 0.4) is 0 Å². The third-order valence-corrected chi connectivity index (χ3v) is 7.55. The van der Waals surface area contributed by atoms with E-state index in [1.54, 1.807) is 19.1 Å². The first kappa shape index (κ1) is 19.4. The Labute approximate surface area is 164 Å². The molecule has 140 valence electrons. The number of sulfone groups is 1. The molecule has 0 spiro atoms. The highest BCUT2D eigenvalue weighted by atomic mass is 35.5. The van der Waals surface area contributed by atoms with Gasteiger partial charge in [-0.15, -0.1) is 0 Å². The summed E-state index contributed by atoms with van der Waals surface area (Å²) in [5.74, 6) is 0.703. The molecule has 5 nitrogen and oxygen atoms in total. The molecule has 0 saturated carbocycles. The van der Waals surface area contributed by atoms with Gasteiger partial charge in [0.25, 0.3) is 0 Å². The highest BCUT2D eigenvalue weighted by molar-refractivity contribution is 7.91. The predicted molar refractivity (Wildman–Crippen MR) is 104 cm³/mol. The lowest BCUT2D eigenvalue weighted by atomic mass is 9.83. The second-order valence-electron chi connectivity index (χ2n) is 7.33. The van der Waals surface area contributed by atoms with Crippen LogP contribution in [-0.4, -0.2) is 31.5 Å². The fourth-order valence-electron chi connectivity index (χ4n) is 3.01. The molecule has 0 aliphatic carbocycles. The lowest BCUT2D eigenvalue weighted by Crippen LogP contribution is -2.38. The number of rotatable bonds is 3. The van der Waals surface area contributed by atoms with Gasteiger partial charge in [0.1, 0.15) is 5.82 Å². The number of benzene rings is 1. The fourth-order valence-corrected chi connectivity index (χ4v) is 5.11. The molecule has 1 fully saturated rings. The summed E-state index contributed by atoms with van der Waals surface area (Å²) in [6, 6.07) is 4.52. The Morgan fingerprint density at radius 3 is 2.42 bits per heavy atom. The molecule has 1 saturated heterocycles. The standard InChI is InChI=1S/C18H21Cl2N3O2S/c1-12-17(26(24,25)14-6-4-5-13(19)16(14)20)21-11-15(22-12)23-9-7-18(2,3)8-10-23/h4-6,11H,7-10H2,1-3H3. The summed E-state index contributed by atoms with van der Waals surface area (Å²) in [6.07, 6.45) is 3.65. The van der Waals surface area contributed by atoms with Crippen LogP contribution in [0.4, 0.5) is 5.82 Å². The van der Waals surface area contributed by atoms with E-state index in [0.29, 0.717) is 16.9 Å². The zero-order valence-electron chi connectivity index (χ0n) is 15.0.